The molecule has 0 amide bonds. The smallest absolute Gasteiger partial charge is 0.221 e. The third kappa shape index (κ3) is 4.09. The van der Waals surface area contributed by atoms with Gasteiger partial charge in [-0.2, -0.15) is 4.98 Å². The van der Waals surface area contributed by atoms with Gasteiger partial charge >= 0.3 is 0 Å². The molecule has 1 saturated heterocycles. The molecule has 5 rings (SSSR count). The van der Waals surface area contributed by atoms with Gasteiger partial charge in [0.2, 0.25) is 5.95 Å². The van der Waals surface area contributed by atoms with Crippen molar-refractivity contribution in [1.82, 2.24) is 34.4 Å². The molecule has 152 valence electrons. The number of hydrogen-bond donors (Lipinski definition) is 1. The molecule has 0 aliphatic carbocycles. The standard InChI is InChI=1S/C20H27N9/c21-20-22-6-3-19(23-20)28-8-4-16(5-9-28)12-29-14-17(24-25-29)13-26-10-11-27-7-1-2-18(27)15-26/h1-3,6-7,14,16H,4-5,8-13,15H2,(H2,21,22,23). The molecule has 0 spiro atoms. The van der Waals surface area contributed by atoms with E-state index in [9.17, 15) is 0 Å². The minimum Gasteiger partial charge on any atom is -0.368 e. The average Bonchev–Trinajstić information content (AvgIpc) is 3.37. The van der Waals surface area contributed by atoms with Crippen molar-refractivity contribution in [1.29, 1.82) is 0 Å². The third-order valence-corrected chi connectivity index (χ3v) is 5.98. The van der Waals surface area contributed by atoms with Gasteiger partial charge in [0.05, 0.1) is 5.69 Å². The maximum absolute atomic E-state index is 5.71. The van der Waals surface area contributed by atoms with Gasteiger partial charge in [-0.25, -0.2) is 4.98 Å². The van der Waals surface area contributed by atoms with Crippen molar-refractivity contribution in [2.75, 3.05) is 30.3 Å². The van der Waals surface area contributed by atoms with Crippen molar-refractivity contribution in [3.8, 4) is 0 Å². The maximum Gasteiger partial charge on any atom is 0.221 e. The van der Waals surface area contributed by atoms with Crippen molar-refractivity contribution in [2.24, 2.45) is 5.92 Å². The fourth-order valence-electron chi connectivity index (χ4n) is 4.38. The van der Waals surface area contributed by atoms with Crippen LogP contribution in [0.4, 0.5) is 11.8 Å². The Kier molecular flexibility index (Phi) is 4.89. The molecular weight excluding hydrogens is 366 g/mol. The minimum absolute atomic E-state index is 0.335. The zero-order valence-electron chi connectivity index (χ0n) is 16.6. The highest BCUT2D eigenvalue weighted by atomic mass is 15.4. The number of nitrogen functional groups attached to an aromatic ring is 1. The van der Waals surface area contributed by atoms with E-state index < -0.39 is 0 Å². The molecule has 0 bridgehead atoms. The first-order valence-corrected chi connectivity index (χ1v) is 10.3. The van der Waals surface area contributed by atoms with E-state index in [0.717, 1.165) is 70.2 Å². The van der Waals surface area contributed by atoms with Gasteiger partial charge in [0, 0.05) is 70.1 Å². The molecule has 0 saturated carbocycles. The van der Waals surface area contributed by atoms with Gasteiger partial charge in [-0.05, 0) is 37.0 Å². The van der Waals surface area contributed by atoms with E-state index >= 15 is 0 Å². The molecule has 2 N–H and O–H groups in total. The first-order valence-electron chi connectivity index (χ1n) is 10.3. The minimum atomic E-state index is 0.335. The monoisotopic (exact) mass is 393 g/mol. The fourth-order valence-corrected chi connectivity index (χ4v) is 4.38. The maximum atomic E-state index is 5.71. The lowest BCUT2D eigenvalue weighted by atomic mass is 9.97. The molecule has 2 aliphatic rings. The zero-order chi connectivity index (χ0) is 19.6. The normalized spacial score (nSPS) is 18.1. The van der Waals surface area contributed by atoms with Crippen molar-refractivity contribution in [3.05, 3.63) is 48.2 Å². The van der Waals surface area contributed by atoms with E-state index in [2.05, 4.69) is 59.2 Å². The lowest BCUT2D eigenvalue weighted by Crippen LogP contribution is -2.35. The van der Waals surface area contributed by atoms with Gasteiger partial charge in [-0.15, -0.1) is 5.10 Å². The zero-order valence-corrected chi connectivity index (χ0v) is 16.6. The van der Waals surface area contributed by atoms with E-state index in [0.29, 0.717) is 11.9 Å². The summed E-state index contributed by atoms with van der Waals surface area (Å²) in [5.41, 5.74) is 8.14. The van der Waals surface area contributed by atoms with E-state index in [4.69, 9.17) is 5.73 Å². The average molecular weight is 393 g/mol. The van der Waals surface area contributed by atoms with E-state index in [-0.39, 0.29) is 0 Å². The fraction of sp³-hybridized carbons (Fsp3) is 0.500. The summed E-state index contributed by atoms with van der Waals surface area (Å²) in [6.07, 6.45) is 8.23. The molecule has 0 unspecified atom stereocenters. The van der Waals surface area contributed by atoms with E-state index in [1.807, 2.05) is 10.7 Å². The Morgan fingerprint density at radius 3 is 2.86 bits per heavy atom. The van der Waals surface area contributed by atoms with Gasteiger partial charge in [0.25, 0.3) is 0 Å². The van der Waals surface area contributed by atoms with Crippen LogP contribution in [0.5, 0.6) is 0 Å². The van der Waals surface area contributed by atoms with Crippen LogP contribution in [0.15, 0.2) is 36.8 Å². The van der Waals surface area contributed by atoms with Crippen LogP contribution in [0.3, 0.4) is 0 Å². The van der Waals surface area contributed by atoms with E-state index in [1.54, 1.807) is 6.20 Å². The number of fused-ring (bicyclic) bond motifs is 1. The summed E-state index contributed by atoms with van der Waals surface area (Å²) in [6, 6.07) is 6.25. The molecular formula is C20H27N9. The molecule has 2 aliphatic heterocycles. The van der Waals surface area contributed by atoms with Crippen LogP contribution in [0.2, 0.25) is 0 Å². The van der Waals surface area contributed by atoms with Gasteiger partial charge < -0.3 is 15.2 Å². The van der Waals surface area contributed by atoms with E-state index in [1.165, 1.54) is 5.69 Å². The third-order valence-electron chi connectivity index (χ3n) is 5.98. The number of piperidine rings is 1. The number of nitrogens with two attached hydrogens (primary N) is 1. The second-order valence-corrected chi connectivity index (χ2v) is 8.04. The molecule has 9 nitrogen and oxygen atoms in total. The van der Waals surface area contributed by atoms with Crippen LogP contribution < -0.4 is 10.6 Å². The number of nitrogens with zero attached hydrogens (tertiary/aromatic N) is 8. The van der Waals surface area contributed by atoms with Crippen molar-refractivity contribution >= 4 is 11.8 Å². The Morgan fingerprint density at radius 1 is 1.10 bits per heavy atom. The molecule has 1 fully saturated rings. The molecule has 3 aromatic rings. The molecule has 5 heterocycles. The molecule has 0 aromatic carbocycles. The number of aromatic nitrogens is 6. The van der Waals surface area contributed by atoms with Crippen LogP contribution in [-0.2, 0) is 26.2 Å². The summed E-state index contributed by atoms with van der Waals surface area (Å²) in [4.78, 5) is 13.0. The predicted octanol–water partition coefficient (Wildman–Crippen LogP) is 1.38. The lowest BCUT2D eigenvalue weighted by molar-refractivity contribution is 0.210. The van der Waals surface area contributed by atoms with Crippen LogP contribution in [0, 0.1) is 5.92 Å². The lowest BCUT2D eigenvalue weighted by Gasteiger charge is -2.32. The second-order valence-electron chi connectivity index (χ2n) is 8.04. The predicted molar refractivity (Wildman–Crippen MR) is 110 cm³/mol. The summed E-state index contributed by atoms with van der Waals surface area (Å²) in [5, 5.41) is 8.80. The molecule has 0 radical (unpaired) electrons. The highest BCUT2D eigenvalue weighted by molar-refractivity contribution is 5.41. The Morgan fingerprint density at radius 2 is 2.00 bits per heavy atom. The van der Waals surface area contributed by atoms with Gasteiger partial charge in [0.15, 0.2) is 0 Å². The summed E-state index contributed by atoms with van der Waals surface area (Å²) in [5.74, 6) is 1.87. The summed E-state index contributed by atoms with van der Waals surface area (Å²) in [7, 11) is 0. The first kappa shape index (κ1) is 18.1. The SMILES string of the molecule is Nc1nccc(N2CCC(Cn3cc(CN4CCn5cccc5C4)nn3)CC2)n1. The van der Waals surface area contributed by atoms with Gasteiger partial charge in [-0.1, -0.05) is 5.21 Å². The summed E-state index contributed by atoms with van der Waals surface area (Å²) >= 11 is 0. The number of rotatable bonds is 5. The summed E-state index contributed by atoms with van der Waals surface area (Å²) in [6.45, 7) is 6.83. The number of anilines is 2. The van der Waals surface area contributed by atoms with Crippen LogP contribution in [0.25, 0.3) is 0 Å². The van der Waals surface area contributed by atoms with Crippen LogP contribution in [0.1, 0.15) is 24.2 Å². The topological polar surface area (TPSA) is 93.9 Å². The van der Waals surface area contributed by atoms with Crippen LogP contribution >= 0.6 is 0 Å². The van der Waals surface area contributed by atoms with Gasteiger partial charge in [0.1, 0.15) is 5.82 Å². The largest absolute Gasteiger partial charge is 0.368 e. The summed E-state index contributed by atoms with van der Waals surface area (Å²) < 4.78 is 4.35. The Bertz CT molecular complexity index is 954. The quantitative estimate of drug-likeness (QED) is 0.700. The Labute approximate surface area is 170 Å². The Balaban J connectivity index is 1.12. The Hall–Kier alpha value is -2.94. The molecule has 9 heteroatoms. The molecule has 29 heavy (non-hydrogen) atoms. The van der Waals surface area contributed by atoms with Crippen molar-refractivity contribution in [3.63, 3.8) is 0 Å². The first-order chi connectivity index (χ1) is 14.2. The molecule has 0 atom stereocenters. The number of hydrogen-bond acceptors (Lipinski definition) is 7. The second kappa shape index (κ2) is 7.82. The molecule has 3 aromatic heterocycles. The highest BCUT2D eigenvalue weighted by Crippen LogP contribution is 2.23. The van der Waals surface area contributed by atoms with Crippen LogP contribution in [-0.4, -0.2) is 54.1 Å². The van der Waals surface area contributed by atoms with Gasteiger partial charge in [-0.3, -0.25) is 9.58 Å². The van der Waals surface area contributed by atoms with Crippen molar-refractivity contribution in [2.45, 2.75) is 39.0 Å². The highest BCUT2D eigenvalue weighted by Gasteiger charge is 2.22. The van der Waals surface area contributed by atoms with Crippen molar-refractivity contribution < 1.29 is 0 Å².